The van der Waals surface area contributed by atoms with E-state index in [-0.39, 0.29) is 23.4 Å². The van der Waals surface area contributed by atoms with Gasteiger partial charge in [0, 0.05) is 24.0 Å². The Morgan fingerprint density at radius 1 is 1.54 bits per heavy atom. The van der Waals surface area contributed by atoms with Gasteiger partial charge < -0.3 is 0 Å². The van der Waals surface area contributed by atoms with Crippen LogP contribution in [0.15, 0.2) is 18.3 Å². The van der Waals surface area contributed by atoms with E-state index in [0.29, 0.717) is 6.42 Å². The highest BCUT2D eigenvalue weighted by atomic mass is 19.1. The first kappa shape index (κ1) is 8.35. The summed E-state index contributed by atoms with van der Waals surface area (Å²) in [5.41, 5.74) is 0.827. The summed E-state index contributed by atoms with van der Waals surface area (Å²) in [7, 11) is 0. The number of rotatable bonds is 1. The zero-order chi connectivity index (χ0) is 9.42. The average molecular weight is 179 g/mol. The second kappa shape index (κ2) is 2.91. The Hall–Kier alpha value is -1.25. The molecule has 0 aromatic carbocycles. The van der Waals surface area contributed by atoms with Gasteiger partial charge in [0.1, 0.15) is 11.6 Å². The van der Waals surface area contributed by atoms with Crippen LogP contribution in [0, 0.1) is 11.7 Å². The number of carbonyl (C=O) groups excluding carboxylic acids is 1. The molecule has 2 rings (SSSR count). The molecule has 1 saturated carbocycles. The molecule has 0 N–H and O–H groups in total. The van der Waals surface area contributed by atoms with Gasteiger partial charge in [-0.05, 0) is 12.1 Å². The molecule has 0 saturated heterocycles. The zero-order valence-corrected chi connectivity index (χ0v) is 7.33. The summed E-state index contributed by atoms with van der Waals surface area (Å²) in [6, 6.07) is 3.04. The molecule has 2 nitrogen and oxygen atoms in total. The van der Waals surface area contributed by atoms with E-state index in [2.05, 4.69) is 4.98 Å². The second-order valence-corrected chi connectivity index (χ2v) is 3.47. The van der Waals surface area contributed by atoms with Gasteiger partial charge in [0.2, 0.25) is 0 Å². The first-order valence-electron chi connectivity index (χ1n) is 4.32. The Labute approximate surface area is 75.8 Å². The third kappa shape index (κ3) is 1.34. The van der Waals surface area contributed by atoms with Crippen LogP contribution in [0.1, 0.15) is 25.0 Å². The molecular formula is C10H10FNO. The van der Waals surface area contributed by atoms with Crippen LogP contribution in [-0.2, 0) is 4.79 Å². The summed E-state index contributed by atoms with van der Waals surface area (Å²) in [5, 5.41) is 0. The van der Waals surface area contributed by atoms with E-state index < -0.39 is 0 Å². The fourth-order valence-corrected chi connectivity index (χ4v) is 1.61. The van der Waals surface area contributed by atoms with Crippen molar-refractivity contribution >= 4 is 5.78 Å². The quantitative estimate of drug-likeness (QED) is 0.659. The SMILES string of the molecule is CC1C(=O)CC1c1ccc(F)cn1. The van der Waals surface area contributed by atoms with E-state index in [1.165, 1.54) is 12.3 Å². The van der Waals surface area contributed by atoms with Crippen molar-refractivity contribution in [2.75, 3.05) is 0 Å². The molecule has 1 aliphatic carbocycles. The molecule has 2 atom stereocenters. The molecule has 13 heavy (non-hydrogen) atoms. The van der Waals surface area contributed by atoms with Gasteiger partial charge in [0.15, 0.2) is 0 Å². The maximum atomic E-state index is 12.5. The standard InChI is InChI=1S/C10H10FNO/c1-6-8(4-10(6)13)9-3-2-7(11)5-12-9/h2-3,5-6,8H,4H2,1H3. The lowest BCUT2D eigenvalue weighted by molar-refractivity contribution is -0.130. The van der Waals surface area contributed by atoms with Crippen molar-refractivity contribution in [1.29, 1.82) is 0 Å². The highest BCUT2D eigenvalue weighted by Gasteiger charge is 2.37. The third-order valence-electron chi connectivity index (χ3n) is 2.66. The molecule has 0 aliphatic heterocycles. The van der Waals surface area contributed by atoms with Gasteiger partial charge in [-0.3, -0.25) is 9.78 Å². The monoisotopic (exact) mass is 179 g/mol. The zero-order valence-electron chi connectivity index (χ0n) is 7.33. The Morgan fingerprint density at radius 3 is 2.77 bits per heavy atom. The summed E-state index contributed by atoms with van der Waals surface area (Å²) in [6.45, 7) is 1.89. The molecule has 2 unspecified atom stereocenters. The molecule has 1 heterocycles. The number of carbonyl (C=O) groups is 1. The molecule has 0 amide bonds. The fourth-order valence-electron chi connectivity index (χ4n) is 1.61. The van der Waals surface area contributed by atoms with Crippen molar-refractivity contribution in [3.05, 3.63) is 29.8 Å². The lowest BCUT2D eigenvalue weighted by Crippen LogP contribution is -2.33. The Balaban J connectivity index is 2.18. The number of hydrogen-bond donors (Lipinski definition) is 0. The van der Waals surface area contributed by atoms with Crippen LogP contribution in [0.3, 0.4) is 0 Å². The molecule has 1 aromatic rings. The number of hydrogen-bond acceptors (Lipinski definition) is 2. The minimum absolute atomic E-state index is 0.0537. The first-order valence-corrected chi connectivity index (χ1v) is 4.32. The van der Waals surface area contributed by atoms with E-state index >= 15 is 0 Å². The van der Waals surface area contributed by atoms with Gasteiger partial charge in [-0.15, -0.1) is 0 Å². The average Bonchev–Trinajstić information content (AvgIpc) is 2.15. The minimum Gasteiger partial charge on any atom is -0.299 e. The van der Waals surface area contributed by atoms with E-state index in [4.69, 9.17) is 0 Å². The highest BCUT2D eigenvalue weighted by molar-refractivity contribution is 5.88. The normalized spacial score (nSPS) is 27.1. The molecule has 0 radical (unpaired) electrons. The molecule has 1 aromatic heterocycles. The predicted octanol–water partition coefficient (Wildman–Crippen LogP) is 1.91. The van der Waals surface area contributed by atoms with Crippen LogP contribution >= 0.6 is 0 Å². The maximum Gasteiger partial charge on any atom is 0.141 e. The maximum absolute atomic E-state index is 12.5. The van der Waals surface area contributed by atoms with Crippen LogP contribution in [-0.4, -0.2) is 10.8 Å². The summed E-state index contributed by atoms with van der Waals surface area (Å²) >= 11 is 0. The summed E-state index contributed by atoms with van der Waals surface area (Å²) in [6.07, 6.45) is 1.75. The lowest BCUT2D eigenvalue weighted by Gasteiger charge is -2.31. The van der Waals surface area contributed by atoms with Crippen LogP contribution in [0.2, 0.25) is 0 Å². The van der Waals surface area contributed by atoms with Gasteiger partial charge in [-0.1, -0.05) is 6.92 Å². The highest BCUT2D eigenvalue weighted by Crippen LogP contribution is 2.37. The second-order valence-electron chi connectivity index (χ2n) is 3.47. The topological polar surface area (TPSA) is 30.0 Å². The molecule has 0 spiro atoms. The van der Waals surface area contributed by atoms with Gasteiger partial charge in [0.05, 0.1) is 6.20 Å². The Kier molecular flexibility index (Phi) is 1.87. The number of Topliss-reactive ketones (excluding diaryl/α,β-unsaturated/α-hetero) is 1. The van der Waals surface area contributed by atoms with E-state index in [1.807, 2.05) is 6.92 Å². The summed E-state index contributed by atoms with van der Waals surface area (Å²) < 4.78 is 12.5. The number of pyridine rings is 1. The molecular weight excluding hydrogens is 169 g/mol. The molecule has 68 valence electrons. The van der Waals surface area contributed by atoms with Crippen molar-refractivity contribution in [2.45, 2.75) is 19.3 Å². The summed E-state index contributed by atoms with van der Waals surface area (Å²) in [5.74, 6) is 0.198. The number of aromatic nitrogens is 1. The van der Waals surface area contributed by atoms with Crippen molar-refractivity contribution in [2.24, 2.45) is 5.92 Å². The summed E-state index contributed by atoms with van der Waals surface area (Å²) in [4.78, 5) is 14.9. The van der Waals surface area contributed by atoms with Crippen LogP contribution in [0.4, 0.5) is 4.39 Å². The molecule has 0 bridgehead atoms. The van der Waals surface area contributed by atoms with Gasteiger partial charge >= 0.3 is 0 Å². The number of nitrogens with zero attached hydrogens (tertiary/aromatic N) is 1. The van der Waals surface area contributed by atoms with Crippen molar-refractivity contribution in [1.82, 2.24) is 4.98 Å². The first-order chi connectivity index (χ1) is 6.18. The van der Waals surface area contributed by atoms with E-state index in [9.17, 15) is 9.18 Å². The van der Waals surface area contributed by atoms with E-state index in [1.54, 1.807) is 6.07 Å². The lowest BCUT2D eigenvalue weighted by atomic mass is 9.72. The van der Waals surface area contributed by atoms with Crippen molar-refractivity contribution in [3.8, 4) is 0 Å². The van der Waals surface area contributed by atoms with Gasteiger partial charge in [-0.2, -0.15) is 0 Å². The van der Waals surface area contributed by atoms with E-state index in [0.717, 1.165) is 5.69 Å². The van der Waals surface area contributed by atoms with Gasteiger partial charge in [-0.25, -0.2) is 4.39 Å². The Morgan fingerprint density at radius 2 is 2.31 bits per heavy atom. The van der Waals surface area contributed by atoms with Crippen LogP contribution in [0.5, 0.6) is 0 Å². The van der Waals surface area contributed by atoms with Crippen LogP contribution in [0.25, 0.3) is 0 Å². The van der Waals surface area contributed by atoms with Gasteiger partial charge in [0.25, 0.3) is 0 Å². The largest absolute Gasteiger partial charge is 0.299 e. The molecule has 1 aliphatic rings. The number of ketones is 1. The third-order valence-corrected chi connectivity index (χ3v) is 2.66. The smallest absolute Gasteiger partial charge is 0.141 e. The molecule has 1 fully saturated rings. The molecule has 3 heteroatoms. The van der Waals surface area contributed by atoms with Crippen LogP contribution < -0.4 is 0 Å². The van der Waals surface area contributed by atoms with Crippen molar-refractivity contribution in [3.63, 3.8) is 0 Å². The predicted molar refractivity (Wildman–Crippen MR) is 45.7 cm³/mol. The number of halogens is 1. The minimum atomic E-state index is -0.331. The van der Waals surface area contributed by atoms with Crippen molar-refractivity contribution < 1.29 is 9.18 Å². The Bertz CT molecular complexity index is 333. The fraction of sp³-hybridized carbons (Fsp3) is 0.400.